The summed E-state index contributed by atoms with van der Waals surface area (Å²) < 4.78 is 30.0. The van der Waals surface area contributed by atoms with E-state index in [9.17, 15) is 19.2 Å². The third kappa shape index (κ3) is 8.83. The lowest BCUT2D eigenvalue weighted by molar-refractivity contribution is -0.206. The van der Waals surface area contributed by atoms with Crippen LogP contribution in [0.25, 0.3) is 11.1 Å². The first-order valence-corrected chi connectivity index (χ1v) is 17.2. The molecule has 3 aromatic carbocycles. The number of thioether (sulfide) groups is 1. The summed E-state index contributed by atoms with van der Waals surface area (Å²) in [6.07, 6.45) is -4.38. The third-order valence-electron chi connectivity index (χ3n) is 8.25. The van der Waals surface area contributed by atoms with Gasteiger partial charge in [-0.2, -0.15) is 0 Å². The molecule has 0 bridgehead atoms. The smallest absolute Gasteiger partial charge is 0.455 e. The van der Waals surface area contributed by atoms with Crippen molar-refractivity contribution in [2.24, 2.45) is 0 Å². The Hall–Kier alpha value is -4.19. The van der Waals surface area contributed by atoms with E-state index in [1.54, 1.807) is 0 Å². The largest absolute Gasteiger partial charge is 0.508 e. The molecule has 1 aliphatic heterocycles. The number of carbonyl (C=O) groups is 4. The molecule has 1 fully saturated rings. The van der Waals surface area contributed by atoms with Crippen LogP contribution in [-0.2, 0) is 44.7 Å². The lowest BCUT2D eigenvalue weighted by Gasteiger charge is -2.45. The fraction of sp³-hybridized carbons (Fsp3) is 0.405. The highest BCUT2D eigenvalue weighted by Crippen LogP contribution is 2.44. The number of Topliss-reactive ketones (excluding diaryl/α,β-unsaturated/α-hetero) is 1. The van der Waals surface area contributed by atoms with Crippen molar-refractivity contribution in [3.8, 4) is 11.1 Å². The van der Waals surface area contributed by atoms with Gasteiger partial charge in [0.15, 0.2) is 12.2 Å². The van der Waals surface area contributed by atoms with Crippen LogP contribution in [0, 0.1) is 0 Å². The van der Waals surface area contributed by atoms with Crippen molar-refractivity contribution in [1.29, 1.82) is 0 Å². The monoisotopic (exact) mass is 675 g/mol. The van der Waals surface area contributed by atoms with Crippen molar-refractivity contribution in [2.75, 3.05) is 19.0 Å². The Morgan fingerprint density at radius 3 is 2.06 bits per heavy atom. The SMILES string of the molecule is CCS[C@H]1O[C@H](COCc2ccccc2)[C@@H](OC(=O)CCC(C)=O)[C@H](OC(=O)OCC2c3ccccc3-c3ccccc32)[C@H]1NC(C)=O. The maximum atomic E-state index is 13.5. The van der Waals surface area contributed by atoms with Crippen molar-refractivity contribution in [3.63, 3.8) is 0 Å². The Kier molecular flexibility index (Phi) is 12.3. The fourth-order valence-electron chi connectivity index (χ4n) is 6.11. The van der Waals surface area contributed by atoms with E-state index in [-0.39, 0.29) is 50.3 Å². The van der Waals surface area contributed by atoms with Crippen LogP contribution in [0.15, 0.2) is 78.9 Å². The molecule has 2 aliphatic rings. The minimum Gasteiger partial charge on any atom is -0.455 e. The molecule has 1 aliphatic carbocycles. The first-order valence-electron chi connectivity index (χ1n) is 16.1. The number of carbonyl (C=O) groups excluding carboxylic acids is 4. The van der Waals surface area contributed by atoms with Crippen LogP contribution in [0.3, 0.4) is 0 Å². The Morgan fingerprint density at radius 2 is 1.44 bits per heavy atom. The van der Waals surface area contributed by atoms with Crippen LogP contribution in [0.4, 0.5) is 4.79 Å². The second-order valence-electron chi connectivity index (χ2n) is 11.8. The summed E-state index contributed by atoms with van der Waals surface area (Å²) in [5.74, 6) is -0.799. The van der Waals surface area contributed by atoms with Gasteiger partial charge in [0.05, 0.1) is 19.6 Å². The van der Waals surface area contributed by atoms with Gasteiger partial charge in [-0.25, -0.2) is 4.79 Å². The van der Waals surface area contributed by atoms with Crippen LogP contribution < -0.4 is 5.32 Å². The number of esters is 1. The second kappa shape index (κ2) is 16.8. The van der Waals surface area contributed by atoms with E-state index in [0.29, 0.717) is 5.75 Å². The predicted molar refractivity (Wildman–Crippen MR) is 180 cm³/mol. The van der Waals surface area contributed by atoms with Crippen molar-refractivity contribution in [1.82, 2.24) is 5.32 Å². The minimum absolute atomic E-state index is 0.00232. The van der Waals surface area contributed by atoms with Crippen LogP contribution in [0.2, 0.25) is 0 Å². The van der Waals surface area contributed by atoms with E-state index in [4.69, 9.17) is 23.7 Å². The first-order chi connectivity index (χ1) is 23.2. The summed E-state index contributed by atoms with van der Waals surface area (Å²) in [5, 5.41) is 2.85. The van der Waals surface area contributed by atoms with Gasteiger partial charge in [-0.1, -0.05) is 85.8 Å². The molecule has 3 aromatic rings. The maximum Gasteiger partial charge on any atom is 0.508 e. The van der Waals surface area contributed by atoms with Crippen LogP contribution >= 0.6 is 11.8 Å². The van der Waals surface area contributed by atoms with Gasteiger partial charge in [0.2, 0.25) is 5.91 Å². The number of ether oxygens (including phenoxy) is 5. The molecule has 0 saturated carbocycles. The summed E-state index contributed by atoms with van der Waals surface area (Å²) in [5.41, 5.74) is 4.52. The van der Waals surface area contributed by atoms with E-state index < -0.39 is 41.9 Å². The molecule has 0 unspecified atom stereocenters. The van der Waals surface area contributed by atoms with Gasteiger partial charge >= 0.3 is 12.1 Å². The van der Waals surface area contributed by atoms with Gasteiger partial charge in [0.25, 0.3) is 0 Å². The van der Waals surface area contributed by atoms with Gasteiger partial charge in [-0.3, -0.25) is 9.59 Å². The number of hydrogen-bond donors (Lipinski definition) is 1. The summed E-state index contributed by atoms with van der Waals surface area (Å²) in [6.45, 7) is 4.96. The molecule has 0 aromatic heterocycles. The zero-order chi connectivity index (χ0) is 34.0. The molecule has 0 spiro atoms. The van der Waals surface area contributed by atoms with E-state index >= 15 is 0 Å². The van der Waals surface area contributed by atoms with E-state index in [2.05, 4.69) is 5.32 Å². The first kappa shape index (κ1) is 35.1. The molecule has 1 saturated heterocycles. The number of nitrogens with one attached hydrogen (secondary N) is 1. The van der Waals surface area contributed by atoms with Gasteiger partial charge in [0, 0.05) is 19.3 Å². The highest BCUT2D eigenvalue weighted by Gasteiger charge is 2.51. The molecule has 254 valence electrons. The quantitative estimate of drug-likeness (QED) is 0.210. The molecule has 5 rings (SSSR count). The number of amides is 1. The van der Waals surface area contributed by atoms with E-state index in [1.165, 1.54) is 25.6 Å². The average Bonchev–Trinajstić information content (AvgIpc) is 3.39. The fourth-order valence-corrected chi connectivity index (χ4v) is 7.09. The number of hydrogen-bond acceptors (Lipinski definition) is 10. The number of rotatable bonds is 14. The molecular weight excluding hydrogens is 634 g/mol. The number of fused-ring (bicyclic) bond motifs is 3. The van der Waals surface area contributed by atoms with E-state index in [0.717, 1.165) is 27.8 Å². The second-order valence-corrected chi connectivity index (χ2v) is 13.1. The molecule has 48 heavy (non-hydrogen) atoms. The average molecular weight is 676 g/mol. The zero-order valence-corrected chi connectivity index (χ0v) is 28.1. The highest BCUT2D eigenvalue weighted by atomic mass is 32.2. The summed E-state index contributed by atoms with van der Waals surface area (Å²) in [7, 11) is 0. The maximum absolute atomic E-state index is 13.5. The molecule has 5 atom stereocenters. The third-order valence-corrected chi connectivity index (χ3v) is 9.32. The highest BCUT2D eigenvalue weighted by molar-refractivity contribution is 7.99. The molecule has 1 heterocycles. The Labute approximate surface area is 284 Å². The minimum atomic E-state index is -1.19. The van der Waals surface area contributed by atoms with E-state index in [1.807, 2.05) is 85.8 Å². The van der Waals surface area contributed by atoms with Crippen LogP contribution in [0.5, 0.6) is 0 Å². The van der Waals surface area contributed by atoms with Crippen LogP contribution in [0.1, 0.15) is 56.2 Å². The van der Waals surface area contributed by atoms with Crippen molar-refractivity contribution >= 4 is 35.6 Å². The number of benzene rings is 3. The predicted octanol–water partition coefficient (Wildman–Crippen LogP) is 5.80. The summed E-state index contributed by atoms with van der Waals surface area (Å²) >= 11 is 1.41. The van der Waals surface area contributed by atoms with Gasteiger partial charge in [-0.15, -0.1) is 11.8 Å². The van der Waals surface area contributed by atoms with Gasteiger partial charge in [0.1, 0.15) is 30.0 Å². The lowest BCUT2D eigenvalue weighted by Crippen LogP contribution is -2.65. The van der Waals surface area contributed by atoms with Crippen molar-refractivity contribution < 1.29 is 42.9 Å². The Balaban J connectivity index is 1.38. The molecule has 1 amide bonds. The zero-order valence-electron chi connectivity index (χ0n) is 27.3. The van der Waals surface area contributed by atoms with Gasteiger partial charge < -0.3 is 33.8 Å². The molecule has 11 heteroatoms. The normalized spacial score (nSPS) is 21.4. The standard InChI is InChI=1S/C37H41NO9S/c1-4-48-36-33(38-24(3)40)35(47-37(42)44-21-30-28-16-10-8-14-26(28)27-15-9-11-17-29(27)30)34(46-32(41)19-18-23(2)39)31(45-36)22-43-20-25-12-6-5-7-13-25/h5-17,30-31,33-36H,4,18-22H2,1-3H3,(H,38,40)/t31-,33-,34-,35-,36-/m1/s1. The summed E-state index contributed by atoms with van der Waals surface area (Å²) in [6, 6.07) is 24.6. The topological polar surface area (TPSA) is 126 Å². The molecular formula is C37H41NO9S. The lowest BCUT2D eigenvalue weighted by atomic mass is 9.97. The molecule has 10 nitrogen and oxygen atoms in total. The van der Waals surface area contributed by atoms with Gasteiger partial charge in [-0.05, 0) is 40.5 Å². The molecule has 0 radical (unpaired) electrons. The Morgan fingerprint density at radius 1 is 0.792 bits per heavy atom. The molecule has 1 N–H and O–H groups in total. The van der Waals surface area contributed by atoms with Crippen LogP contribution in [-0.4, -0.2) is 72.6 Å². The van der Waals surface area contributed by atoms with Crippen molar-refractivity contribution in [3.05, 3.63) is 95.6 Å². The summed E-state index contributed by atoms with van der Waals surface area (Å²) in [4.78, 5) is 50.6. The number of ketones is 1. The Bertz CT molecular complexity index is 1540. The van der Waals surface area contributed by atoms with Crippen molar-refractivity contribution in [2.45, 2.75) is 75.9 Å².